The number of ether oxygens (including phenoxy) is 4. The van der Waals surface area contributed by atoms with Crippen molar-refractivity contribution in [2.24, 2.45) is 0 Å². The number of unbranched alkanes of at least 4 members (excludes halogenated alkanes) is 8. The minimum Gasteiger partial charge on any atom is -0.494 e. The first-order chi connectivity index (χ1) is 17.6. The highest BCUT2D eigenvalue weighted by molar-refractivity contribution is 5.72. The van der Waals surface area contributed by atoms with E-state index in [9.17, 15) is 4.79 Å². The summed E-state index contributed by atoms with van der Waals surface area (Å²) in [6.45, 7) is 7.32. The van der Waals surface area contributed by atoms with Crippen LogP contribution in [-0.4, -0.2) is 19.2 Å². The predicted octanol–water partition coefficient (Wildman–Crippen LogP) is 8.38. The highest BCUT2D eigenvalue weighted by Crippen LogP contribution is 2.40. The smallest absolute Gasteiger partial charge is 0.311 e. The van der Waals surface area contributed by atoms with Gasteiger partial charge in [0, 0.05) is 24.1 Å². The zero-order valence-corrected chi connectivity index (χ0v) is 22.5. The van der Waals surface area contributed by atoms with E-state index in [1.807, 2.05) is 44.2 Å². The van der Waals surface area contributed by atoms with Crippen LogP contribution in [0.15, 0.2) is 36.4 Å². The Morgan fingerprint density at radius 1 is 0.833 bits per heavy atom. The van der Waals surface area contributed by atoms with Crippen LogP contribution >= 0.6 is 0 Å². The van der Waals surface area contributed by atoms with Gasteiger partial charge in [-0.2, -0.15) is 0 Å². The quantitative estimate of drug-likeness (QED) is 0.133. The zero-order valence-electron chi connectivity index (χ0n) is 22.5. The number of hydrogen-bond donors (Lipinski definition) is 0. The molecule has 0 bridgehead atoms. The van der Waals surface area contributed by atoms with Crippen LogP contribution in [-0.2, 0) is 11.2 Å². The van der Waals surface area contributed by atoms with Crippen LogP contribution in [0.1, 0.15) is 109 Å². The van der Waals surface area contributed by atoms with Gasteiger partial charge in [0.25, 0.3) is 0 Å². The van der Waals surface area contributed by atoms with Crippen molar-refractivity contribution in [3.8, 4) is 23.0 Å². The second kappa shape index (κ2) is 15.4. The van der Waals surface area contributed by atoms with Crippen LogP contribution in [0.5, 0.6) is 23.0 Å². The minimum absolute atomic E-state index is 0.123. The molecule has 0 spiro atoms. The van der Waals surface area contributed by atoms with Crippen LogP contribution in [0.25, 0.3) is 0 Å². The molecular formula is C31H44O5. The predicted molar refractivity (Wildman–Crippen MR) is 144 cm³/mol. The molecule has 5 nitrogen and oxygen atoms in total. The summed E-state index contributed by atoms with van der Waals surface area (Å²) in [5.74, 6) is 2.73. The highest BCUT2D eigenvalue weighted by Gasteiger charge is 2.25. The van der Waals surface area contributed by atoms with Crippen molar-refractivity contribution < 1.29 is 23.7 Å². The maximum absolute atomic E-state index is 12.4. The van der Waals surface area contributed by atoms with Crippen molar-refractivity contribution in [3.05, 3.63) is 47.5 Å². The Balaban J connectivity index is 1.51. The molecule has 0 aliphatic carbocycles. The molecule has 0 saturated carbocycles. The van der Waals surface area contributed by atoms with Crippen LogP contribution in [0.4, 0.5) is 0 Å². The van der Waals surface area contributed by atoms with Gasteiger partial charge in [0.1, 0.15) is 29.1 Å². The van der Waals surface area contributed by atoms with Crippen LogP contribution in [0.2, 0.25) is 0 Å². The summed E-state index contributed by atoms with van der Waals surface area (Å²) in [6, 6.07) is 11.7. The molecule has 0 saturated heterocycles. The Morgan fingerprint density at radius 3 is 2.25 bits per heavy atom. The maximum atomic E-state index is 12.4. The molecule has 1 aliphatic rings. The Labute approximate surface area is 217 Å². The lowest BCUT2D eigenvalue weighted by Gasteiger charge is -2.28. The van der Waals surface area contributed by atoms with E-state index in [4.69, 9.17) is 18.9 Å². The van der Waals surface area contributed by atoms with Crippen molar-refractivity contribution in [2.75, 3.05) is 13.2 Å². The second-order valence-electron chi connectivity index (χ2n) is 9.53. The summed E-state index contributed by atoms with van der Waals surface area (Å²) >= 11 is 0. The molecule has 2 aromatic carbocycles. The fourth-order valence-electron chi connectivity index (χ4n) is 4.71. The van der Waals surface area contributed by atoms with E-state index >= 15 is 0 Å². The number of fused-ring (bicyclic) bond motifs is 1. The first-order valence-corrected chi connectivity index (χ1v) is 14.0. The summed E-state index contributed by atoms with van der Waals surface area (Å²) in [6.07, 6.45) is 13.1. The largest absolute Gasteiger partial charge is 0.494 e. The van der Waals surface area contributed by atoms with Crippen molar-refractivity contribution >= 4 is 5.97 Å². The number of carbonyl (C=O) groups is 1. The number of esters is 1. The third-order valence-corrected chi connectivity index (χ3v) is 6.64. The van der Waals surface area contributed by atoms with E-state index in [1.165, 1.54) is 50.5 Å². The number of aryl methyl sites for hydroxylation is 1. The SMILES string of the molecule is CCCCCCCCCCCC(=O)Oc1ccc(C2CCc3ccc(OCC)cc3O2)c(OCC)c1. The standard InChI is InChI=1S/C31H44O5/c1-4-7-8-9-10-11-12-13-14-15-31(32)35-26-19-20-27(30(23-26)34-6-3)28-21-17-24-16-18-25(33-5-2)22-29(24)36-28/h16,18-20,22-23,28H,4-15,17,21H2,1-3H3. The summed E-state index contributed by atoms with van der Waals surface area (Å²) < 4.78 is 23.6. The summed E-state index contributed by atoms with van der Waals surface area (Å²) in [7, 11) is 0. The molecule has 2 aromatic rings. The lowest BCUT2D eigenvalue weighted by atomic mass is 9.96. The van der Waals surface area contributed by atoms with Crippen molar-refractivity contribution in [1.29, 1.82) is 0 Å². The molecular weight excluding hydrogens is 452 g/mol. The number of benzene rings is 2. The van der Waals surface area contributed by atoms with Gasteiger partial charge in [-0.15, -0.1) is 0 Å². The minimum atomic E-state index is -0.181. The molecule has 1 atom stereocenters. The Morgan fingerprint density at radius 2 is 1.53 bits per heavy atom. The number of hydrogen-bond acceptors (Lipinski definition) is 5. The van der Waals surface area contributed by atoms with E-state index in [-0.39, 0.29) is 12.1 Å². The first kappa shape index (κ1) is 27.9. The van der Waals surface area contributed by atoms with E-state index in [1.54, 1.807) is 0 Å². The number of rotatable bonds is 16. The Kier molecular flexibility index (Phi) is 12.0. The van der Waals surface area contributed by atoms with Crippen LogP contribution in [0, 0.1) is 0 Å². The van der Waals surface area contributed by atoms with E-state index in [0.717, 1.165) is 42.7 Å². The molecule has 3 rings (SSSR count). The maximum Gasteiger partial charge on any atom is 0.311 e. The summed E-state index contributed by atoms with van der Waals surface area (Å²) in [4.78, 5) is 12.4. The van der Waals surface area contributed by atoms with Gasteiger partial charge >= 0.3 is 5.97 Å². The van der Waals surface area contributed by atoms with Gasteiger partial charge in [0.05, 0.1) is 13.2 Å². The second-order valence-corrected chi connectivity index (χ2v) is 9.53. The molecule has 0 N–H and O–H groups in total. The van der Waals surface area contributed by atoms with Gasteiger partial charge in [-0.25, -0.2) is 0 Å². The summed E-state index contributed by atoms with van der Waals surface area (Å²) in [5, 5.41) is 0. The average Bonchev–Trinajstić information content (AvgIpc) is 2.88. The van der Waals surface area contributed by atoms with E-state index < -0.39 is 0 Å². The molecule has 0 radical (unpaired) electrons. The Bertz CT molecular complexity index is 939. The molecule has 1 unspecified atom stereocenters. The van der Waals surface area contributed by atoms with Crippen LogP contribution < -0.4 is 18.9 Å². The van der Waals surface area contributed by atoms with Gasteiger partial charge in [0.2, 0.25) is 0 Å². The van der Waals surface area contributed by atoms with Crippen molar-refractivity contribution in [1.82, 2.24) is 0 Å². The monoisotopic (exact) mass is 496 g/mol. The summed E-state index contributed by atoms with van der Waals surface area (Å²) in [5.41, 5.74) is 2.16. The van der Waals surface area contributed by atoms with Crippen molar-refractivity contribution in [3.63, 3.8) is 0 Å². The third kappa shape index (κ3) is 8.76. The van der Waals surface area contributed by atoms with Gasteiger partial charge in [-0.05, 0) is 56.9 Å². The molecule has 0 fully saturated rings. The topological polar surface area (TPSA) is 54.0 Å². The van der Waals surface area contributed by atoms with Gasteiger partial charge in [-0.1, -0.05) is 64.4 Å². The van der Waals surface area contributed by atoms with Crippen molar-refractivity contribution in [2.45, 2.75) is 104 Å². The van der Waals surface area contributed by atoms with Gasteiger partial charge < -0.3 is 18.9 Å². The highest BCUT2D eigenvalue weighted by atomic mass is 16.5. The molecule has 36 heavy (non-hydrogen) atoms. The average molecular weight is 497 g/mol. The molecule has 1 aliphatic heterocycles. The van der Waals surface area contributed by atoms with Gasteiger partial charge in [0.15, 0.2) is 0 Å². The zero-order chi connectivity index (χ0) is 25.6. The third-order valence-electron chi connectivity index (χ3n) is 6.64. The molecule has 5 heteroatoms. The van der Waals surface area contributed by atoms with E-state index in [0.29, 0.717) is 31.1 Å². The first-order valence-electron chi connectivity index (χ1n) is 14.0. The lowest BCUT2D eigenvalue weighted by Crippen LogP contribution is -2.16. The number of carbonyl (C=O) groups excluding carboxylic acids is 1. The van der Waals surface area contributed by atoms with Gasteiger partial charge in [-0.3, -0.25) is 4.79 Å². The van der Waals surface area contributed by atoms with Crippen LogP contribution in [0.3, 0.4) is 0 Å². The molecule has 0 amide bonds. The molecule has 0 aromatic heterocycles. The fraction of sp³-hybridized carbons (Fsp3) is 0.581. The Hall–Kier alpha value is -2.69. The lowest BCUT2D eigenvalue weighted by molar-refractivity contribution is -0.134. The molecule has 198 valence electrons. The normalized spacial score (nSPS) is 14.6. The van der Waals surface area contributed by atoms with E-state index in [2.05, 4.69) is 13.0 Å². The fourth-order valence-corrected chi connectivity index (χ4v) is 4.71. The molecule has 1 heterocycles.